The molecule has 186 valence electrons. The van der Waals surface area contributed by atoms with Crippen LogP contribution in [0.1, 0.15) is 29.8 Å². The van der Waals surface area contributed by atoms with E-state index < -0.39 is 12.2 Å². The number of nitrogens with zero attached hydrogens (tertiary/aromatic N) is 1. The summed E-state index contributed by atoms with van der Waals surface area (Å²) in [6.07, 6.45) is 0.987. The standard InChI is InChI=1S/C27H21Cl2N2O3S.Na.H2O/c1-16-25(30-27(33)34-17(2)21-5-3-4-6-23(21)28)26(35-31-16)20-10-8-19(9-11-20)22-12-7-18(13-14-32)15-24(22)29;;/h3-12,15,17H,13H2,1-2H3,(H,30,33);;1H2/q-1;+1;/p-1/t17-;;/m1../s1. The molecule has 0 fully saturated rings. The Kier molecular flexibility index (Phi) is 11.8. The Hall–Kier alpha value is -2.23. The average molecular weight is 564 g/mol. The topological polar surface area (TPSA) is 98.3 Å². The second kappa shape index (κ2) is 14.1. The predicted molar refractivity (Wildman–Crippen MR) is 144 cm³/mol. The molecule has 0 aliphatic carbocycles. The van der Waals surface area contributed by atoms with E-state index in [1.54, 1.807) is 19.1 Å². The van der Waals surface area contributed by atoms with Crippen LogP contribution in [0.4, 0.5) is 10.5 Å². The third-order valence-electron chi connectivity index (χ3n) is 5.48. The largest absolute Gasteiger partial charge is 1.00 e. The number of anilines is 1. The van der Waals surface area contributed by atoms with Gasteiger partial charge in [0.15, 0.2) is 0 Å². The monoisotopic (exact) mass is 563 g/mol. The number of nitrogens with one attached hydrogen (secondary N) is 1. The molecule has 4 aromatic rings. The maximum atomic E-state index is 12.7. The van der Waals surface area contributed by atoms with Gasteiger partial charge in [0.05, 0.1) is 16.3 Å². The minimum absolute atomic E-state index is 0. The molecule has 1 aromatic heterocycles. The first kappa shape index (κ1) is 31.0. The third-order valence-corrected chi connectivity index (χ3v) is 7.13. The molecule has 10 heteroatoms. The van der Waals surface area contributed by atoms with E-state index in [9.17, 15) is 9.59 Å². The minimum Gasteiger partial charge on any atom is -0.870 e. The van der Waals surface area contributed by atoms with E-state index in [0.717, 1.165) is 32.7 Å². The van der Waals surface area contributed by atoms with Crippen molar-refractivity contribution >= 4 is 52.8 Å². The molecule has 0 saturated carbocycles. The number of aryl methyl sites for hydroxylation is 1. The molecule has 1 amide bonds. The summed E-state index contributed by atoms with van der Waals surface area (Å²) in [6, 6.07) is 20.6. The van der Waals surface area contributed by atoms with E-state index in [2.05, 4.69) is 9.69 Å². The molecule has 2 N–H and O–H groups in total. The Bertz CT molecular complexity index is 1380. The van der Waals surface area contributed by atoms with Gasteiger partial charge >= 0.3 is 35.7 Å². The fourth-order valence-corrected chi connectivity index (χ4v) is 5.11. The van der Waals surface area contributed by atoms with Crippen LogP contribution in [0.5, 0.6) is 0 Å². The predicted octanol–water partition coefficient (Wildman–Crippen LogP) is 4.88. The summed E-state index contributed by atoms with van der Waals surface area (Å²) in [5.41, 5.74) is 5.55. The number of rotatable bonds is 7. The zero-order valence-corrected chi connectivity index (χ0v) is 24.7. The van der Waals surface area contributed by atoms with Gasteiger partial charge in [-0.25, -0.2) is 4.79 Å². The summed E-state index contributed by atoms with van der Waals surface area (Å²) in [5.74, 6) is 0. The van der Waals surface area contributed by atoms with Crippen LogP contribution in [0.2, 0.25) is 10.0 Å². The summed E-state index contributed by atoms with van der Waals surface area (Å²) < 4.78 is 9.97. The number of halogens is 2. The molecular weight excluding hydrogens is 542 g/mol. The maximum absolute atomic E-state index is 12.7. The zero-order chi connectivity index (χ0) is 24.9. The number of hydrogen-bond donors (Lipinski definition) is 1. The Labute approximate surface area is 251 Å². The molecule has 0 aliphatic heterocycles. The summed E-state index contributed by atoms with van der Waals surface area (Å²) in [4.78, 5) is 24.1. The first-order chi connectivity index (χ1) is 16.9. The third kappa shape index (κ3) is 7.42. The van der Waals surface area contributed by atoms with E-state index >= 15 is 0 Å². The van der Waals surface area contributed by atoms with Crippen molar-refractivity contribution in [2.45, 2.75) is 26.4 Å². The van der Waals surface area contributed by atoms with Crippen molar-refractivity contribution in [3.8, 4) is 21.6 Å². The Morgan fingerprint density at radius 2 is 1.73 bits per heavy atom. The van der Waals surface area contributed by atoms with Gasteiger partial charge in [-0.05, 0) is 48.6 Å². The van der Waals surface area contributed by atoms with Crippen LogP contribution in [-0.2, 0) is 16.0 Å². The van der Waals surface area contributed by atoms with Gasteiger partial charge in [0.1, 0.15) is 6.10 Å². The Morgan fingerprint density at radius 3 is 2.38 bits per heavy atom. The van der Waals surface area contributed by atoms with Gasteiger partial charge in [-0.1, -0.05) is 83.4 Å². The van der Waals surface area contributed by atoms with Crippen LogP contribution in [0.25, 0.3) is 21.6 Å². The molecule has 1 heterocycles. The average Bonchev–Trinajstić information content (AvgIpc) is 3.19. The van der Waals surface area contributed by atoms with Crippen LogP contribution in [0.3, 0.4) is 0 Å². The molecule has 0 bridgehead atoms. The van der Waals surface area contributed by atoms with Crippen LogP contribution >= 0.6 is 34.7 Å². The van der Waals surface area contributed by atoms with Crippen molar-refractivity contribution in [1.82, 2.24) is 4.37 Å². The van der Waals surface area contributed by atoms with Gasteiger partial charge in [0.2, 0.25) is 0 Å². The number of ether oxygens (including phenoxy) is 1. The van der Waals surface area contributed by atoms with Crippen molar-refractivity contribution in [1.29, 1.82) is 0 Å². The zero-order valence-electron chi connectivity index (χ0n) is 20.4. The number of benzene rings is 3. The van der Waals surface area contributed by atoms with Crippen molar-refractivity contribution < 1.29 is 49.4 Å². The smallest absolute Gasteiger partial charge is 0.870 e. The summed E-state index contributed by atoms with van der Waals surface area (Å²) in [7, 11) is 0. The molecule has 37 heavy (non-hydrogen) atoms. The molecule has 0 aliphatic rings. The number of carbonyl (C=O) groups excluding carboxylic acids is 2. The second-order valence-electron chi connectivity index (χ2n) is 7.88. The quantitative estimate of drug-likeness (QED) is 0.255. The van der Waals surface area contributed by atoms with Gasteiger partial charge < -0.3 is 15.0 Å². The van der Waals surface area contributed by atoms with E-state index in [1.807, 2.05) is 67.8 Å². The van der Waals surface area contributed by atoms with Crippen LogP contribution in [0, 0.1) is 6.92 Å². The molecule has 1 atom stereocenters. The number of hydrogen-bond acceptors (Lipinski definition) is 6. The van der Waals surface area contributed by atoms with E-state index in [4.69, 9.17) is 27.9 Å². The fraction of sp³-hybridized carbons (Fsp3) is 0.148. The van der Waals surface area contributed by atoms with Crippen molar-refractivity contribution in [3.63, 3.8) is 0 Å². The molecule has 0 unspecified atom stereocenters. The molecular formula is C27H22Cl2N2NaO4S-. The van der Waals surface area contributed by atoms with Gasteiger partial charge in [-0.2, -0.15) is 4.37 Å². The van der Waals surface area contributed by atoms with E-state index in [-0.39, 0.29) is 41.5 Å². The van der Waals surface area contributed by atoms with Crippen LogP contribution < -0.4 is 34.9 Å². The van der Waals surface area contributed by atoms with Crippen molar-refractivity contribution in [3.05, 3.63) is 93.6 Å². The van der Waals surface area contributed by atoms with E-state index in [1.165, 1.54) is 11.5 Å². The number of carbonyl (C=O) groups is 1. The van der Waals surface area contributed by atoms with Crippen molar-refractivity contribution in [2.24, 2.45) is 0 Å². The fourth-order valence-electron chi connectivity index (χ4n) is 3.66. The van der Waals surface area contributed by atoms with Gasteiger partial charge in [0.25, 0.3) is 0 Å². The second-order valence-corrected chi connectivity index (χ2v) is 9.47. The molecule has 4 rings (SSSR count). The summed E-state index contributed by atoms with van der Waals surface area (Å²) >= 11 is 13.9. The van der Waals surface area contributed by atoms with Gasteiger partial charge in [-0.3, -0.25) is 11.6 Å². The Balaban J connectivity index is 0.00000241. The summed E-state index contributed by atoms with van der Waals surface area (Å²) in [5, 5.41) is 3.95. The normalized spacial score (nSPS) is 11.0. The first-order valence-corrected chi connectivity index (χ1v) is 12.3. The van der Waals surface area contributed by atoms with Crippen molar-refractivity contribution in [2.75, 3.05) is 5.32 Å². The van der Waals surface area contributed by atoms with E-state index in [0.29, 0.717) is 21.4 Å². The van der Waals surface area contributed by atoms with Gasteiger partial charge in [0, 0.05) is 21.2 Å². The number of aromatic nitrogens is 1. The Morgan fingerprint density at radius 1 is 1.05 bits per heavy atom. The van der Waals surface area contributed by atoms with Gasteiger partial charge in [-0.15, -0.1) is 6.42 Å². The first-order valence-electron chi connectivity index (χ1n) is 10.8. The summed E-state index contributed by atoms with van der Waals surface area (Å²) in [6.45, 7) is 3.60. The molecule has 0 saturated heterocycles. The van der Waals surface area contributed by atoms with Crippen LogP contribution in [-0.4, -0.2) is 22.2 Å². The SMILES string of the molecule is Cc1nsc(-c2ccc(-c3ccc(C[C-]=O)cc3Cl)cc2)c1NC(=O)O[C@H](C)c1ccccc1Cl.[Na+].[OH-]. The molecule has 0 radical (unpaired) electrons. The van der Waals surface area contributed by atoms with Crippen LogP contribution in [0.15, 0.2) is 66.7 Å². The number of amides is 1. The molecule has 3 aromatic carbocycles. The molecule has 6 nitrogen and oxygen atoms in total. The maximum Gasteiger partial charge on any atom is 1.00 e. The minimum atomic E-state index is -0.585. The molecule has 0 spiro atoms.